The van der Waals surface area contributed by atoms with E-state index in [1.54, 1.807) is 0 Å². The maximum absolute atomic E-state index is 6.08. The SMILES string of the molecule is NCc1ncc(-c2ccc(Cl)cc2)c2ccc(Cl)cc12. The minimum Gasteiger partial charge on any atom is -0.325 e. The third-order valence-electron chi connectivity index (χ3n) is 3.28. The molecule has 1 aromatic heterocycles. The van der Waals surface area contributed by atoms with Gasteiger partial charge in [0.15, 0.2) is 0 Å². The molecule has 0 unspecified atom stereocenters. The fourth-order valence-electron chi connectivity index (χ4n) is 2.29. The molecule has 2 nitrogen and oxygen atoms in total. The lowest BCUT2D eigenvalue weighted by Gasteiger charge is -2.10. The zero-order valence-corrected chi connectivity index (χ0v) is 12.1. The van der Waals surface area contributed by atoms with Gasteiger partial charge in [-0.1, -0.05) is 41.4 Å². The second kappa shape index (κ2) is 5.41. The molecule has 0 radical (unpaired) electrons. The van der Waals surface area contributed by atoms with Gasteiger partial charge < -0.3 is 5.73 Å². The number of hydrogen-bond acceptors (Lipinski definition) is 2. The van der Waals surface area contributed by atoms with Crippen molar-refractivity contribution in [3.8, 4) is 11.1 Å². The van der Waals surface area contributed by atoms with Crippen molar-refractivity contribution < 1.29 is 0 Å². The van der Waals surface area contributed by atoms with E-state index in [2.05, 4.69) is 4.98 Å². The highest BCUT2D eigenvalue weighted by Crippen LogP contribution is 2.31. The third-order valence-corrected chi connectivity index (χ3v) is 3.77. The number of nitrogens with two attached hydrogens (primary N) is 1. The van der Waals surface area contributed by atoms with Crippen LogP contribution in [-0.4, -0.2) is 4.98 Å². The van der Waals surface area contributed by atoms with Gasteiger partial charge in [-0.15, -0.1) is 0 Å². The molecule has 0 saturated carbocycles. The molecule has 0 bridgehead atoms. The highest BCUT2D eigenvalue weighted by atomic mass is 35.5. The van der Waals surface area contributed by atoms with E-state index in [4.69, 9.17) is 28.9 Å². The molecule has 4 heteroatoms. The van der Waals surface area contributed by atoms with Crippen LogP contribution in [0.3, 0.4) is 0 Å². The van der Waals surface area contributed by atoms with E-state index in [0.717, 1.165) is 27.6 Å². The number of aromatic nitrogens is 1. The molecule has 0 saturated heterocycles. The van der Waals surface area contributed by atoms with Crippen molar-refractivity contribution in [2.24, 2.45) is 5.73 Å². The topological polar surface area (TPSA) is 38.9 Å². The fourth-order valence-corrected chi connectivity index (χ4v) is 2.59. The predicted octanol–water partition coefficient (Wildman–Crippen LogP) is 4.67. The lowest BCUT2D eigenvalue weighted by atomic mass is 9.99. The summed E-state index contributed by atoms with van der Waals surface area (Å²) in [4.78, 5) is 4.45. The molecule has 0 aliphatic carbocycles. The smallest absolute Gasteiger partial charge is 0.0618 e. The largest absolute Gasteiger partial charge is 0.325 e. The molecule has 2 aromatic carbocycles. The summed E-state index contributed by atoms with van der Waals surface area (Å²) in [6.45, 7) is 0.387. The lowest BCUT2D eigenvalue weighted by molar-refractivity contribution is 1.01. The Labute approximate surface area is 127 Å². The molecule has 0 aliphatic heterocycles. The van der Waals surface area contributed by atoms with Gasteiger partial charge >= 0.3 is 0 Å². The Morgan fingerprint density at radius 3 is 2.30 bits per heavy atom. The van der Waals surface area contributed by atoms with E-state index in [9.17, 15) is 0 Å². The first kappa shape index (κ1) is 13.4. The molecule has 0 aliphatic rings. The molecular weight excluding hydrogens is 291 g/mol. The molecule has 1 heterocycles. The molecule has 2 N–H and O–H groups in total. The average molecular weight is 303 g/mol. The highest BCUT2D eigenvalue weighted by Gasteiger charge is 2.09. The van der Waals surface area contributed by atoms with Crippen molar-refractivity contribution in [1.82, 2.24) is 4.98 Å². The van der Waals surface area contributed by atoms with Gasteiger partial charge in [0, 0.05) is 33.7 Å². The molecule has 20 heavy (non-hydrogen) atoms. The van der Waals surface area contributed by atoms with Gasteiger partial charge in [0.2, 0.25) is 0 Å². The van der Waals surface area contributed by atoms with Gasteiger partial charge in [0.25, 0.3) is 0 Å². The van der Waals surface area contributed by atoms with Crippen LogP contribution in [0.1, 0.15) is 5.69 Å². The van der Waals surface area contributed by atoms with Crippen molar-refractivity contribution >= 4 is 34.0 Å². The van der Waals surface area contributed by atoms with Gasteiger partial charge in [0.05, 0.1) is 5.69 Å². The molecule has 0 atom stereocenters. The Morgan fingerprint density at radius 2 is 1.60 bits per heavy atom. The normalized spacial score (nSPS) is 10.9. The molecule has 0 amide bonds. The minimum absolute atomic E-state index is 0.387. The van der Waals surface area contributed by atoms with Crippen molar-refractivity contribution in [3.63, 3.8) is 0 Å². The van der Waals surface area contributed by atoms with Crippen LogP contribution in [0.5, 0.6) is 0 Å². The predicted molar refractivity (Wildman–Crippen MR) is 85.1 cm³/mol. The van der Waals surface area contributed by atoms with E-state index in [-0.39, 0.29) is 0 Å². The summed E-state index contributed by atoms with van der Waals surface area (Å²) >= 11 is 12.0. The summed E-state index contributed by atoms with van der Waals surface area (Å²) in [7, 11) is 0. The summed E-state index contributed by atoms with van der Waals surface area (Å²) in [5, 5.41) is 3.48. The monoisotopic (exact) mass is 302 g/mol. The number of fused-ring (bicyclic) bond motifs is 1. The zero-order chi connectivity index (χ0) is 14.1. The number of pyridine rings is 1. The van der Waals surface area contributed by atoms with Crippen LogP contribution >= 0.6 is 23.2 Å². The van der Waals surface area contributed by atoms with Gasteiger partial charge in [-0.25, -0.2) is 0 Å². The fraction of sp³-hybridized carbons (Fsp3) is 0.0625. The first-order valence-corrected chi connectivity index (χ1v) is 6.98. The molecule has 3 aromatic rings. The number of rotatable bonds is 2. The van der Waals surface area contributed by atoms with Crippen LogP contribution in [0.15, 0.2) is 48.7 Å². The van der Waals surface area contributed by atoms with E-state index < -0.39 is 0 Å². The average Bonchev–Trinajstić information content (AvgIpc) is 2.47. The Hall–Kier alpha value is -1.61. The molecule has 3 rings (SSSR count). The second-order valence-corrected chi connectivity index (χ2v) is 5.39. The molecule has 100 valence electrons. The van der Waals surface area contributed by atoms with Crippen molar-refractivity contribution in [2.75, 3.05) is 0 Å². The second-order valence-electron chi connectivity index (χ2n) is 4.52. The summed E-state index contributed by atoms with van der Waals surface area (Å²) in [5.74, 6) is 0. The van der Waals surface area contributed by atoms with Gasteiger partial charge in [0.1, 0.15) is 0 Å². The molecular formula is C16H12Cl2N2. The lowest BCUT2D eigenvalue weighted by Crippen LogP contribution is -2.01. The zero-order valence-electron chi connectivity index (χ0n) is 10.6. The van der Waals surface area contributed by atoms with Gasteiger partial charge in [-0.2, -0.15) is 0 Å². The summed E-state index contributed by atoms with van der Waals surface area (Å²) in [5.41, 5.74) is 8.71. The summed E-state index contributed by atoms with van der Waals surface area (Å²) in [6, 6.07) is 13.5. The Bertz CT molecular complexity index is 767. The van der Waals surface area contributed by atoms with E-state index in [1.807, 2.05) is 48.7 Å². The molecule has 0 spiro atoms. The molecule has 0 fully saturated rings. The first-order chi connectivity index (χ1) is 9.69. The summed E-state index contributed by atoms with van der Waals surface area (Å²) in [6.07, 6.45) is 1.85. The van der Waals surface area contributed by atoms with E-state index in [0.29, 0.717) is 16.6 Å². The van der Waals surface area contributed by atoms with Crippen LogP contribution < -0.4 is 5.73 Å². The number of nitrogens with zero attached hydrogens (tertiary/aromatic N) is 1. The van der Waals surface area contributed by atoms with Crippen molar-refractivity contribution in [2.45, 2.75) is 6.54 Å². The van der Waals surface area contributed by atoms with Gasteiger partial charge in [-0.05, 0) is 35.2 Å². The van der Waals surface area contributed by atoms with E-state index in [1.165, 1.54) is 0 Å². The van der Waals surface area contributed by atoms with Crippen LogP contribution in [0.25, 0.3) is 21.9 Å². The quantitative estimate of drug-likeness (QED) is 0.747. The van der Waals surface area contributed by atoms with Crippen LogP contribution in [0.4, 0.5) is 0 Å². The maximum Gasteiger partial charge on any atom is 0.0618 e. The van der Waals surface area contributed by atoms with Crippen molar-refractivity contribution in [3.05, 3.63) is 64.4 Å². The third kappa shape index (κ3) is 2.38. The minimum atomic E-state index is 0.387. The first-order valence-electron chi connectivity index (χ1n) is 6.22. The number of halogens is 2. The Balaban J connectivity index is 2.29. The standard InChI is InChI=1S/C16H12Cl2N2/c17-11-3-1-10(2-4-11)15-9-20-16(8-19)14-7-12(18)5-6-13(14)15/h1-7,9H,8,19H2. The Kier molecular flexibility index (Phi) is 3.62. The maximum atomic E-state index is 6.08. The van der Waals surface area contributed by atoms with Gasteiger partial charge in [-0.3, -0.25) is 4.98 Å². The van der Waals surface area contributed by atoms with E-state index >= 15 is 0 Å². The Morgan fingerprint density at radius 1 is 0.900 bits per heavy atom. The highest BCUT2D eigenvalue weighted by molar-refractivity contribution is 6.31. The van der Waals surface area contributed by atoms with Crippen LogP contribution in [0.2, 0.25) is 10.0 Å². The van der Waals surface area contributed by atoms with Crippen LogP contribution in [-0.2, 0) is 6.54 Å². The van der Waals surface area contributed by atoms with Crippen molar-refractivity contribution in [1.29, 1.82) is 0 Å². The van der Waals surface area contributed by atoms with Crippen LogP contribution in [0, 0.1) is 0 Å². The summed E-state index contributed by atoms with van der Waals surface area (Å²) < 4.78 is 0. The number of benzene rings is 2. The number of hydrogen-bond donors (Lipinski definition) is 1.